The molecule has 7 heteroatoms. The number of rotatable bonds is 4. The molecule has 1 saturated heterocycles. The van der Waals surface area contributed by atoms with Gasteiger partial charge in [-0.1, -0.05) is 0 Å². The van der Waals surface area contributed by atoms with Crippen LogP contribution in [-0.4, -0.2) is 38.8 Å². The van der Waals surface area contributed by atoms with E-state index in [2.05, 4.69) is 15.0 Å². The van der Waals surface area contributed by atoms with Crippen LogP contribution in [0.2, 0.25) is 0 Å². The second-order valence-electron chi connectivity index (χ2n) is 8.18. The van der Waals surface area contributed by atoms with Gasteiger partial charge in [0, 0.05) is 36.0 Å². The van der Waals surface area contributed by atoms with Gasteiger partial charge in [-0.2, -0.15) is 0 Å². The van der Waals surface area contributed by atoms with Crippen LogP contribution >= 0.6 is 0 Å². The zero-order valence-corrected chi connectivity index (χ0v) is 18.0. The molecule has 4 rings (SSSR count). The van der Waals surface area contributed by atoms with Gasteiger partial charge in [-0.05, 0) is 69.2 Å². The van der Waals surface area contributed by atoms with Crippen LogP contribution in [0.25, 0.3) is 11.3 Å². The van der Waals surface area contributed by atoms with Crippen molar-refractivity contribution >= 4 is 11.6 Å². The average molecular weight is 420 g/mol. The number of anilines is 1. The molecule has 1 fully saturated rings. The third kappa shape index (κ3) is 4.55. The van der Waals surface area contributed by atoms with Gasteiger partial charge in [-0.3, -0.25) is 9.78 Å². The largest absolute Gasteiger partial charge is 0.397 e. The minimum Gasteiger partial charge on any atom is -0.397 e. The van der Waals surface area contributed by atoms with Crippen molar-refractivity contribution in [1.29, 1.82) is 0 Å². The quantitative estimate of drug-likeness (QED) is 0.696. The maximum Gasteiger partial charge on any atom is 0.228 e. The fourth-order valence-corrected chi connectivity index (χ4v) is 4.16. The molecule has 2 N–H and O–H groups in total. The maximum atomic E-state index is 13.5. The zero-order chi connectivity index (χ0) is 22.1. The molecule has 3 aromatic rings. The number of carbonyl (C=O) groups is 1. The summed E-state index contributed by atoms with van der Waals surface area (Å²) in [4.78, 5) is 28.4. The van der Waals surface area contributed by atoms with Gasteiger partial charge in [-0.15, -0.1) is 0 Å². The highest BCUT2D eigenvalue weighted by Crippen LogP contribution is 2.28. The fourth-order valence-electron chi connectivity index (χ4n) is 4.16. The van der Waals surface area contributed by atoms with E-state index in [4.69, 9.17) is 5.73 Å². The van der Waals surface area contributed by atoms with Crippen LogP contribution in [0.15, 0.2) is 36.4 Å². The van der Waals surface area contributed by atoms with Crippen LogP contribution < -0.4 is 5.73 Å². The number of hydrogen-bond donors (Lipinski definition) is 1. The Morgan fingerprint density at radius 2 is 1.94 bits per heavy atom. The monoisotopic (exact) mass is 419 g/mol. The van der Waals surface area contributed by atoms with Crippen LogP contribution in [0, 0.1) is 26.6 Å². The third-order valence-electron chi connectivity index (χ3n) is 5.74. The minimum atomic E-state index is -0.287. The van der Waals surface area contributed by atoms with E-state index in [-0.39, 0.29) is 24.1 Å². The number of nitrogen functional groups attached to an aromatic ring is 1. The molecule has 2 aromatic heterocycles. The number of nitrogens with zero attached hydrogens (tertiary/aromatic N) is 4. The number of likely N-dealkylation sites (tertiary alicyclic amines) is 1. The summed E-state index contributed by atoms with van der Waals surface area (Å²) in [6, 6.07) is 10.1. The molecule has 160 valence electrons. The van der Waals surface area contributed by atoms with Gasteiger partial charge in [0.25, 0.3) is 0 Å². The van der Waals surface area contributed by atoms with Gasteiger partial charge in [-0.25, -0.2) is 14.4 Å². The molecule has 0 bridgehead atoms. The summed E-state index contributed by atoms with van der Waals surface area (Å²) in [5.41, 5.74) is 11.4. The summed E-state index contributed by atoms with van der Waals surface area (Å²) < 4.78 is 13.5. The van der Waals surface area contributed by atoms with E-state index in [9.17, 15) is 9.18 Å². The molecular formula is C24H26FN5O. The summed E-state index contributed by atoms with van der Waals surface area (Å²) in [5.74, 6) is 0.675. The molecule has 1 aliphatic rings. The van der Waals surface area contributed by atoms with Gasteiger partial charge in [0.2, 0.25) is 5.91 Å². The molecule has 1 aromatic carbocycles. The van der Waals surface area contributed by atoms with Crippen molar-refractivity contribution in [2.75, 3.05) is 18.8 Å². The van der Waals surface area contributed by atoms with Gasteiger partial charge >= 0.3 is 0 Å². The van der Waals surface area contributed by atoms with E-state index in [1.54, 1.807) is 18.2 Å². The predicted molar refractivity (Wildman–Crippen MR) is 118 cm³/mol. The lowest BCUT2D eigenvalue weighted by atomic mass is 10.0. The number of halogens is 1. The summed E-state index contributed by atoms with van der Waals surface area (Å²) in [5, 5.41) is 0. The molecule has 6 nitrogen and oxygen atoms in total. The molecule has 0 saturated carbocycles. The molecule has 31 heavy (non-hydrogen) atoms. The van der Waals surface area contributed by atoms with Crippen molar-refractivity contribution in [1.82, 2.24) is 19.9 Å². The first-order valence-electron chi connectivity index (χ1n) is 10.4. The van der Waals surface area contributed by atoms with Crippen molar-refractivity contribution < 1.29 is 9.18 Å². The van der Waals surface area contributed by atoms with Gasteiger partial charge < -0.3 is 10.6 Å². The number of benzene rings is 1. The summed E-state index contributed by atoms with van der Waals surface area (Å²) in [6.07, 6.45) is 1.01. The second kappa shape index (κ2) is 8.41. The Balaban J connectivity index is 1.50. The van der Waals surface area contributed by atoms with Crippen LogP contribution in [0.5, 0.6) is 0 Å². The highest BCUT2D eigenvalue weighted by molar-refractivity contribution is 5.80. The molecule has 1 atom stereocenters. The van der Waals surface area contributed by atoms with E-state index in [1.807, 2.05) is 31.7 Å². The van der Waals surface area contributed by atoms with E-state index < -0.39 is 0 Å². The highest BCUT2D eigenvalue weighted by atomic mass is 19.1. The van der Waals surface area contributed by atoms with Gasteiger partial charge in [0.1, 0.15) is 11.6 Å². The molecule has 0 spiro atoms. The zero-order valence-electron chi connectivity index (χ0n) is 18.0. The average Bonchev–Trinajstić information content (AvgIpc) is 3.20. The lowest BCUT2D eigenvalue weighted by Gasteiger charge is -2.17. The number of nitrogens with two attached hydrogens (primary N) is 1. The molecule has 3 heterocycles. The van der Waals surface area contributed by atoms with Gasteiger partial charge in [0.05, 0.1) is 23.5 Å². The standard InChI is InChI=1S/C24H26FN5O/c1-14-10-18(25)4-5-19(14)21-7-6-20(26)23(29-21)12-24(31)30-9-8-17(13-30)22-11-15(2)27-16(3)28-22/h4-7,10-11,17H,8-9,12-13,26H2,1-3H3. The molecule has 0 aliphatic carbocycles. The lowest BCUT2D eigenvalue weighted by Crippen LogP contribution is -2.30. The number of carbonyl (C=O) groups excluding carboxylic acids is 1. The van der Waals surface area contributed by atoms with E-state index in [0.717, 1.165) is 34.8 Å². The number of aromatic nitrogens is 3. The fraction of sp³-hybridized carbons (Fsp3) is 0.333. The van der Waals surface area contributed by atoms with Crippen molar-refractivity contribution in [2.45, 2.75) is 39.5 Å². The van der Waals surface area contributed by atoms with E-state index >= 15 is 0 Å². The van der Waals surface area contributed by atoms with E-state index in [1.165, 1.54) is 12.1 Å². The second-order valence-corrected chi connectivity index (χ2v) is 8.18. The first kappa shape index (κ1) is 20.9. The van der Waals surface area contributed by atoms with Crippen molar-refractivity contribution in [3.05, 3.63) is 70.7 Å². The van der Waals surface area contributed by atoms with Crippen molar-refractivity contribution in [2.24, 2.45) is 0 Å². The molecule has 1 aliphatic heterocycles. The molecule has 1 unspecified atom stereocenters. The number of amides is 1. The normalized spacial score (nSPS) is 16.0. The van der Waals surface area contributed by atoms with Crippen LogP contribution in [0.4, 0.5) is 10.1 Å². The molecular weight excluding hydrogens is 393 g/mol. The predicted octanol–water partition coefficient (Wildman–Crippen LogP) is 3.74. The van der Waals surface area contributed by atoms with Crippen LogP contribution in [0.1, 0.15) is 40.8 Å². The first-order valence-corrected chi connectivity index (χ1v) is 10.4. The topological polar surface area (TPSA) is 85.0 Å². The van der Waals surface area contributed by atoms with E-state index in [0.29, 0.717) is 30.2 Å². The number of pyridine rings is 1. The smallest absolute Gasteiger partial charge is 0.228 e. The Bertz CT molecular complexity index is 1130. The van der Waals surface area contributed by atoms with Crippen molar-refractivity contribution in [3.63, 3.8) is 0 Å². The SMILES string of the molecule is Cc1cc(C2CCN(C(=O)Cc3nc(-c4ccc(F)cc4C)ccc3N)C2)nc(C)n1. The third-order valence-corrected chi connectivity index (χ3v) is 5.74. The highest BCUT2D eigenvalue weighted by Gasteiger charge is 2.29. The maximum absolute atomic E-state index is 13.5. The Kier molecular flexibility index (Phi) is 5.67. The minimum absolute atomic E-state index is 0.00261. The van der Waals surface area contributed by atoms with Crippen LogP contribution in [0.3, 0.4) is 0 Å². The Hall–Kier alpha value is -3.35. The molecule has 0 radical (unpaired) electrons. The van der Waals surface area contributed by atoms with Crippen molar-refractivity contribution in [3.8, 4) is 11.3 Å². The summed E-state index contributed by atoms with van der Waals surface area (Å²) >= 11 is 0. The summed E-state index contributed by atoms with van der Waals surface area (Å²) in [7, 11) is 0. The Morgan fingerprint density at radius 1 is 1.13 bits per heavy atom. The number of aryl methyl sites for hydroxylation is 3. The van der Waals surface area contributed by atoms with Gasteiger partial charge in [0.15, 0.2) is 0 Å². The summed E-state index contributed by atoms with van der Waals surface area (Å²) in [6.45, 7) is 6.99. The number of hydrogen-bond acceptors (Lipinski definition) is 5. The Morgan fingerprint density at radius 3 is 2.68 bits per heavy atom. The first-order chi connectivity index (χ1) is 14.8. The lowest BCUT2D eigenvalue weighted by molar-refractivity contribution is -0.129. The molecule has 1 amide bonds. The van der Waals surface area contributed by atoms with Crippen LogP contribution in [-0.2, 0) is 11.2 Å². The Labute approximate surface area is 181 Å².